The number of β-amino-alcohol motifs (C(OH)–C–C–N with tert-alkyl or cyclic N) is 2. The van der Waals surface area contributed by atoms with Crippen LogP contribution in [0.3, 0.4) is 0 Å². The van der Waals surface area contributed by atoms with Crippen LogP contribution in [0, 0.1) is 5.41 Å². The monoisotopic (exact) mass is 216 g/mol. The predicted molar refractivity (Wildman–Crippen MR) is 56.0 cm³/mol. The molecule has 5 heteroatoms. The van der Waals surface area contributed by atoms with E-state index in [0.29, 0.717) is 0 Å². The van der Waals surface area contributed by atoms with E-state index in [2.05, 4.69) is 0 Å². The topological polar surface area (TPSA) is 86.8 Å². The van der Waals surface area contributed by atoms with Gasteiger partial charge in [-0.1, -0.05) is 20.8 Å². The van der Waals surface area contributed by atoms with E-state index in [1.807, 2.05) is 20.8 Å². The number of aliphatic hydroxyl groups excluding tert-OH is 2. The van der Waals surface area contributed by atoms with E-state index < -0.39 is 18.2 Å². The molecule has 0 aromatic rings. The summed E-state index contributed by atoms with van der Waals surface area (Å²) in [5.74, 6) is -0.210. The zero-order valence-corrected chi connectivity index (χ0v) is 9.47. The van der Waals surface area contributed by atoms with Gasteiger partial charge in [-0.15, -0.1) is 0 Å². The molecule has 88 valence electrons. The molecule has 0 bridgehead atoms. The molecule has 0 aromatic carbocycles. The summed E-state index contributed by atoms with van der Waals surface area (Å²) in [6, 6.07) is -0.602. The summed E-state index contributed by atoms with van der Waals surface area (Å²) in [6.45, 7) is 6.00. The van der Waals surface area contributed by atoms with Crippen molar-refractivity contribution in [1.29, 1.82) is 0 Å². The Morgan fingerprint density at radius 3 is 2.07 bits per heavy atom. The highest BCUT2D eigenvalue weighted by molar-refractivity contribution is 5.82. The molecule has 1 aliphatic heterocycles. The lowest BCUT2D eigenvalue weighted by Gasteiger charge is -2.29. The van der Waals surface area contributed by atoms with Crippen molar-refractivity contribution in [1.82, 2.24) is 4.90 Å². The third kappa shape index (κ3) is 2.68. The molecule has 1 saturated heterocycles. The van der Waals surface area contributed by atoms with Gasteiger partial charge in [0.2, 0.25) is 5.91 Å². The summed E-state index contributed by atoms with van der Waals surface area (Å²) in [6.07, 6.45) is -1.69. The number of aliphatic hydroxyl groups is 2. The molecule has 1 aliphatic rings. The molecule has 0 aliphatic carbocycles. The van der Waals surface area contributed by atoms with Crippen molar-refractivity contribution < 1.29 is 15.0 Å². The highest BCUT2D eigenvalue weighted by atomic mass is 16.3. The van der Waals surface area contributed by atoms with Crippen LogP contribution in [0.4, 0.5) is 0 Å². The number of likely N-dealkylation sites (tertiary alicyclic amines) is 1. The Balaban J connectivity index is 2.63. The molecule has 1 fully saturated rings. The minimum Gasteiger partial charge on any atom is -0.388 e. The first kappa shape index (κ1) is 12.4. The SMILES string of the molecule is CC(C)(C)[C@@H](N)C(=O)N1C[C@@H](O)[C@@H](O)C1. The van der Waals surface area contributed by atoms with Crippen molar-refractivity contribution in [2.75, 3.05) is 13.1 Å². The smallest absolute Gasteiger partial charge is 0.240 e. The van der Waals surface area contributed by atoms with E-state index in [1.165, 1.54) is 4.90 Å². The van der Waals surface area contributed by atoms with Crippen LogP contribution < -0.4 is 5.73 Å². The van der Waals surface area contributed by atoms with Gasteiger partial charge in [0.15, 0.2) is 0 Å². The summed E-state index contributed by atoms with van der Waals surface area (Å²) in [5.41, 5.74) is 5.50. The fourth-order valence-electron chi connectivity index (χ4n) is 1.52. The Morgan fingerprint density at radius 2 is 1.73 bits per heavy atom. The van der Waals surface area contributed by atoms with Crippen molar-refractivity contribution in [3.05, 3.63) is 0 Å². The number of carbonyl (C=O) groups is 1. The Kier molecular flexibility index (Phi) is 3.38. The van der Waals surface area contributed by atoms with Crippen LogP contribution in [0.2, 0.25) is 0 Å². The lowest BCUT2D eigenvalue weighted by molar-refractivity contribution is -0.134. The van der Waals surface area contributed by atoms with E-state index >= 15 is 0 Å². The summed E-state index contributed by atoms with van der Waals surface area (Å²) >= 11 is 0. The molecule has 0 saturated carbocycles. The van der Waals surface area contributed by atoms with Crippen LogP contribution in [0.5, 0.6) is 0 Å². The largest absolute Gasteiger partial charge is 0.388 e. The lowest BCUT2D eigenvalue weighted by atomic mass is 9.86. The number of hydrogen-bond donors (Lipinski definition) is 3. The number of hydrogen-bond acceptors (Lipinski definition) is 4. The van der Waals surface area contributed by atoms with E-state index in [4.69, 9.17) is 5.73 Å². The Morgan fingerprint density at radius 1 is 1.33 bits per heavy atom. The Bertz CT molecular complexity index is 240. The fourth-order valence-corrected chi connectivity index (χ4v) is 1.52. The molecule has 15 heavy (non-hydrogen) atoms. The highest BCUT2D eigenvalue weighted by Crippen LogP contribution is 2.21. The molecule has 0 spiro atoms. The molecule has 3 atom stereocenters. The molecule has 5 nitrogen and oxygen atoms in total. The van der Waals surface area contributed by atoms with E-state index in [9.17, 15) is 15.0 Å². The van der Waals surface area contributed by atoms with Gasteiger partial charge in [0.1, 0.15) is 0 Å². The van der Waals surface area contributed by atoms with Crippen molar-refractivity contribution in [2.24, 2.45) is 11.1 Å². The van der Waals surface area contributed by atoms with Gasteiger partial charge in [0.25, 0.3) is 0 Å². The van der Waals surface area contributed by atoms with Gasteiger partial charge in [0, 0.05) is 13.1 Å². The second-order valence-corrected chi connectivity index (χ2v) is 5.22. The van der Waals surface area contributed by atoms with Gasteiger partial charge < -0.3 is 20.8 Å². The van der Waals surface area contributed by atoms with E-state index in [-0.39, 0.29) is 24.4 Å². The molecule has 1 heterocycles. The molecular formula is C10H20N2O3. The minimum atomic E-state index is -0.846. The lowest BCUT2D eigenvalue weighted by Crippen LogP contribution is -2.50. The van der Waals surface area contributed by atoms with E-state index in [1.54, 1.807) is 0 Å². The third-order valence-electron chi connectivity index (χ3n) is 2.77. The van der Waals surface area contributed by atoms with Crippen LogP contribution in [0.15, 0.2) is 0 Å². The normalized spacial score (nSPS) is 29.3. The predicted octanol–water partition coefficient (Wildman–Crippen LogP) is -1.08. The second-order valence-electron chi connectivity index (χ2n) is 5.22. The molecular weight excluding hydrogens is 196 g/mol. The number of nitrogens with two attached hydrogens (primary N) is 1. The number of nitrogens with zero attached hydrogens (tertiary/aromatic N) is 1. The fraction of sp³-hybridized carbons (Fsp3) is 0.900. The maximum atomic E-state index is 11.9. The zero-order valence-electron chi connectivity index (χ0n) is 9.47. The molecule has 1 rings (SSSR count). The maximum Gasteiger partial charge on any atom is 0.240 e. The zero-order chi connectivity index (χ0) is 11.8. The first-order valence-electron chi connectivity index (χ1n) is 5.14. The summed E-state index contributed by atoms with van der Waals surface area (Å²) in [5, 5.41) is 18.6. The number of amides is 1. The summed E-state index contributed by atoms with van der Waals surface area (Å²) in [4.78, 5) is 13.3. The van der Waals surface area contributed by atoms with Gasteiger partial charge in [-0.3, -0.25) is 4.79 Å². The first-order chi connectivity index (χ1) is 6.73. The first-order valence-corrected chi connectivity index (χ1v) is 5.14. The standard InChI is InChI=1S/C10H20N2O3/c1-10(2,3)8(11)9(15)12-4-6(13)7(14)5-12/h6-8,13-14H,4-5,11H2,1-3H3/t6-,7+,8-/m0/s1. The molecule has 4 N–H and O–H groups in total. The van der Waals surface area contributed by atoms with Crippen molar-refractivity contribution >= 4 is 5.91 Å². The third-order valence-corrected chi connectivity index (χ3v) is 2.77. The van der Waals surface area contributed by atoms with Gasteiger partial charge in [-0.05, 0) is 5.41 Å². The maximum absolute atomic E-state index is 11.9. The number of rotatable bonds is 1. The summed E-state index contributed by atoms with van der Waals surface area (Å²) in [7, 11) is 0. The minimum absolute atomic E-state index is 0.170. The van der Waals surface area contributed by atoms with Crippen LogP contribution in [-0.2, 0) is 4.79 Å². The summed E-state index contributed by atoms with van der Waals surface area (Å²) < 4.78 is 0. The molecule has 1 amide bonds. The molecule has 0 unspecified atom stereocenters. The quantitative estimate of drug-likeness (QED) is 0.520. The molecule has 0 radical (unpaired) electrons. The van der Waals surface area contributed by atoms with Gasteiger partial charge in [-0.2, -0.15) is 0 Å². The van der Waals surface area contributed by atoms with Crippen molar-refractivity contribution in [2.45, 2.75) is 39.0 Å². The second kappa shape index (κ2) is 4.08. The average Bonchev–Trinajstić information content (AvgIpc) is 2.43. The van der Waals surface area contributed by atoms with Crippen LogP contribution in [0.1, 0.15) is 20.8 Å². The Hall–Kier alpha value is -0.650. The van der Waals surface area contributed by atoms with Crippen molar-refractivity contribution in [3.8, 4) is 0 Å². The van der Waals surface area contributed by atoms with Crippen LogP contribution in [0.25, 0.3) is 0 Å². The van der Waals surface area contributed by atoms with Crippen LogP contribution >= 0.6 is 0 Å². The Labute approximate surface area is 89.9 Å². The van der Waals surface area contributed by atoms with Gasteiger partial charge >= 0.3 is 0 Å². The highest BCUT2D eigenvalue weighted by Gasteiger charge is 2.37. The average molecular weight is 216 g/mol. The molecule has 0 aromatic heterocycles. The van der Waals surface area contributed by atoms with E-state index in [0.717, 1.165) is 0 Å². The van der Waals surface area contributed by atoms with Crippen LogP contribution in [-0.4, -0.2) is 52.4 Å². The number of carbonyl (C=O) groups excluding carboxylic acids is 1. The van der Waals surface area contributed by atoms with Crippen molar-refractivity contribution in [3.63, 3.8) is 0 Å². The van der Waals surface area contributed by atoms with Gasteiger partial charge in [0.05, 0.1) is 18.2 Å². The van der Waals surface area contributed by atoms with Gasteiger partial charge in [-0.25, -0.2) is 0 Å².